The fraction of sp³-hybridized carbons (Fsp3) is 0.700. The number of methoxy groups -OCH3 is 1. The SMILES string of the molecule is COc1ccc(F)cc1C(C)(C)CC(O)(CC1CCCCC1)C(F)(F)F. The van der Waals surface area contributed by atoms with Crippen LogP contribution in [0, 0.1) is 11.7 Å². The molecule has 2 rings (SSSR count). The monoisotopic (exact) mass is 376 g/mol. The standard InChI is InChI=1S/C20H28F4O2/c1-18(2,16-11-15(21)9-10-17(16)26-3)13-19(25,20(22,23)24)12-14-7-5-4-6-8-14/h9-11,14,25H,4-8,12-13H2,1-3H3. The third-order valence-corrected chi connectivity index (χ3v) is 5.50. The molecule has 0 saturated heterocycles. The summed E-state index contributed by atoms with van der Waals surface area (Å²) in [6, 6.07) is 3.80. The maximum Gasteiger partial charge on any atom is 0.417 e. The van der Waals surface area contributed by atoms with Gasteiger partial charge in [-0.1, -0.05) is 46.0 Å². The molecule has 2 nitrogen and oxygen atoms in total. The van der Waals surface area contributed by atoms with Gasteiger partial charge in [-0.05, 0) is 42.4 Å². The molecule has 0 radical (unpaired) electrons. The zero-order valence-electron chi connectivity index (χ0n) is 15.6. The minimum absolute atomic E-state index is 0.138. The largest absolute Gasteiger partial charge is 0.496 e. The number of alkyl halides is 3. The van der Waals surface area contributed by atoms with Gasteiger partial charge < -0.3 is 9.84 Å². The number of hydrogen-bond donors (Lipinski definition) is 1. The minimum atomic E-state index is -4.75. The molecule has 0 bridgehead atoms. The molecule has 26 heavy (non-hydrogen) atoms. The second-order valence-corrected chi connectivity index (χ2v) is 8.14. The molecule has 1 saturated carbocycles. The smallest absolute Gasteiger partial charge is 0.417 e. The zero-order chi connectivity index (χ0) is 19.6. The van der Waals surface area contributed by atoms with Gasteiger partial charge in [0.25, 0.3) is 0 Å². The van der Waals surface area contributed by atoms with Crippen LogP contribution in [0.3, 0.4) is 0 Å². The molecule has 1 unspecified atom stereocenters. The summed E-state index contributed by atoms with van der Waals surface area (Å²) in [5.41, 5.74) is -3.60. The van der Waals surface area contributed by atoms with Crippen LogP contribution in [0.4, 0.5) is 17.6 Å². The lowest BCUT2D eigenvalue weighted by molar-refractivity contribution is -0.273. The van der Waals surface area contributed by atoms with Gasteiger partial charge in [-0.25, -0.2) is 4.39 Å². The summed E-state index contributed by atoms with van der Waals surface area (Å²) >= 11 is 0. The third-order valence-electron chi connectivity index (χ3n) is 5.50. The minimum Gasteiger partial charge on any atom is -0.496 e. The van der Waals surface area contributed by atoms with Crippen molar-refractivity contribution in [3.8, 4) is 5.75 Å². The highest BCUT2D eigenvalue weighted by molar-refractivity contribution is 5.39. The number of halogens is 4. The Morgan fingerprint density at radius 3 is 2.27 bits per heavy atom. The van der Waals surface area contributed by atoms with E-state index >= 15 is 0 Å². The lowest BCUT2D eigenvalue weighted by atomic mass is 9.70. The molecular formula is C20H28F4O2. The highest BCUT2D eigenvalue weighted by atomic mass is 19.4. The van der Waals surface area contributed by atoms with Crippen LogP contribution in [0.25, 0.3) is 0 Å². The highest BCUT2D eigenvalue weighted by Crippen LogP contribution is 2.47. The summed E-state index contributed by atoms with van der Waals surface area (Å²) in [4.78, 5) is 0. The lowest BCUT2D eigenvalue weighted by Crippen LogP contribution is -2.50. The van der Waals surface area contributed by atoms with E-state index in [1.54, 1.807) is 13.8 Å². The fourth-order valence-corrected chi connectivity index (χ4v) is 4.19. The lowest BCUT2D eigenvalue weighted by Gasteiger charge is -2.40. The van der Waals surface area contributed by atoms with Crippen LogP contribution in [0.2, 0.25) is 0 Å². The Bertz CT molecular complexity index is 606. The van der Waals surface area contributed by atoms with Crippen molar-refractivity contribution >= 4 is 0 Å². The molecule has 1 aliphatic rings. The Labute approximate surface area is 152 Å². The number of hydrogen-bond acceptors (Lipinski definition) is 2. The number of ether oxygens (including phenoxy) is 1. The number of aliphatic hydroxyl groups is 1. The van der Waals surface area contributed by atoms with E-state index in [1.807, 2.05) is 0 Å². The van der Waals surface area contributed by atoms with Crippen molar-refractivity contribution in [1.82, 2.24) is 0 Å². The van der Waals surface area contributed by atoms with Gasteiger partial charge >= 0.3 is 6.18 Å². The summed E-state index contributed by atoms with van der Waals surface area (Å²) in [5, 5.41) is 10.7. The van der Waals surface area contributed by atoms with E-state index in [1.165, 1.54) is 25.3 Å². The first-order valence-electron chi connectivity index (χ1n) is 9.12. The summed E-state index contributed by atoms with van der Waals surface area (Å²) < 4.78 is 60.4. The first-order valence-corrected chi connectivity index (χ1v) is 9.12. The molecule has 1 N–H and O–H groups in total. The maximum atomic E-state index is 13.8. The Balaban J connectivity index is 2.33. The quantitative estimate of drug-likeness (QED) is 0.639. The van der Waals surface area contributed by atoms with E-state index in [9.17, 15) is 22.7 Å². The zero-order valence-corrected chi connectivity index (χ0v) is 15.6. The Kier molecular flexibility index (Phi) is 6.26. The normalized spacial score (nSPS) is 19.2. The third kappa shape index (κ3) is 4.70. The van der Waals surface area contributed by atoms with Crippen molar-refractivity contribution in [3.05, 3.63) is 29.6 Å². The molecule has 0 heterocycles. The van der Waals surface area contributed by atoms with Crippen molar-refractivity contribution in [2.24, 2.45) is 5.92 Å². The molecule has 6 heteroatoms. The average molecular weight is 376 g/mol. The van der Waals surface area contributed by atoms with Crippen LogP contribution in [0.1, 0.15) is 64.4 Å². The van der Waals surface area contributed by atoms with Gasteiger partial charge in [0.2, 0.25) is 0 Å². The second-order valence-electron chi connectivity index (χ2n) is 8.14. The number of rotatable bonds is 6. The maximum absolute atomic E-state index is 13.8. The van der Waals surface area contributed by atoms with Crippen molar-refractivity contribution in [3.63, 3.8) is 0 Å². The first kappa shape index (κ1) is 21.0. The van der Waals surface area contributed by atoms with E-state index in [-0.39, 0.29) is 12.3 Å². The molecule has 0 aliphatic heterocycles. The topological polar surface area (TPSA) is 29.5 Å². The molecule has 1 aliphatic carbocycles. The Morgan fingerprint density at radius 2 is 1.73 bits per heavy atom. The van der Waals surface area contributed by atoms with E-state index in [0.717, 1.165) is 19.3 Å². The Hall–Kier alpha value is -1.30. The van der Waals surface area contributed by atoms with Crippen LogP contribution in [0.15, 0.2) is 18.2 Å². The van der Waals surface area contributed by atoms with Crippen LogP contribution in [0.5, 0.6) is 5.75 Å². The van der Waals surface area contributed by atoms with Crippen molar-refractivity contribution < 1.29 is 27.4 Å². The average Bonchev–Trinajstić information content (AvgIpc) is 2.54. The van der Waals surface area contributed by atoms with Crippen LogP contribution in [-0.2, 0) is 5.41 Å². The molecule has 0 amide bonds. The Morgan fingerprint density at radius 1 is 1.12 bits per heavy atom. The van der Waals surface area contributed by atoms with Crippen LogP contribution >= 0.6 is 0 Å². The van der Waals surface area contributed by atoms with Crippen LogP contribution < -0.4 is 4.74 Å². The number of benzene rings is 1. The van der Waals surface area contributed by atoms with Gasteiger partial charge in [0.15, 0.2) is 5.60 Å². The van der Waals surface area contributed by atoms with Gasteiger partial charge in [0, 0.05) is 5.56 Å². The summed E-state index contributed by atoms with van der Waals surface area (Å²) in [6.07, 6.45) is -1.34. The summed E-state index contributed by atoms with van der Waals surface area (Å²) in [5.74, 6) is -0.365. The van der Waals surface area contributed by atoms with E-state index in [4.69, 9.17) is 4.74 Å². The summed E-state index contributed by atoms with van der Waals surface area (Å²) in [7, 11) is 1.39. The molecule has 1 aromatic carbocycles. The predicted molar refractivity (Wildman–Crippen MR) is 92.8 cm³/mol. The fourth-order valence-electron chi connectivity index (χ4n) is 4.19. The predicted octanol–water partition coefficient (Wildman–Crippen LogP) is 5.77. The molecule has 1 fully saturated rings. The van der Waals surface area contributed by atoms with Crippen molar-refractivity contribution in [1.29, 1.82) is 0 Å². The van der Waals surface area contributed by atoms with E-state index in [2.05, 4.69) is 0 Å². The second kappa shape index (κ2) is 7.75. The van der Waals surface area contributed by atoms with Gasteiger partial charge in [-0.2, -0.15) is 13.2 Å². The highest BCUT2D eigenvalue weighted by Gasteiger charge is 2.56. The molecule has 1 aromatic rings. The molecule has 1 atom stereocenters. The van der Waals surface area contributed by atoms with Crippen molar-refractivity contribution in [2.75, 3.05) is 7.11 Å². The molecular weight excluding hydrogens is 348 g/mol. The molecule has 148 valence electrons. The first-order chi connectivity index (χ1) is 12.0. The molecule has 0 aromatic heterocycles. The molecule has 0 spiro atoms. The van der Waals surface area contributed by atoms with Crippen LogP contribution in [-0.4, -0.2) is 24.0 Å². The van der Waals surface area contributed by atoms with Gasteiger partial charge in [-0.15, -0.1) is 0 Å². The van der Waals surface area contributed by atoms with Gasteiger partial charge in [-0.3, -0.25) is 0 Å². The van der Waals surface area contributed by atoms with Crippen molar-refractivity contribution in [2.45, 2.75) is 76.0 Å². The van der Waals surface area contributed by atoms with Gasteiger partial charge in [0.05, 0.1) is 7.11 Å². The summed E-state index contributed by atoms with van der Waals surface area (Å²) in [6.45, 7) is 3.17. The van der Waals surface area contributed by atoms with E-state index < -0.39 is 29.4 Å². The van der Waals surface area contributed by atoms with Gasteiger partial charge in [0.1, 0.15) is 11.6 Å². The van der Waals surface area contributed by atoms with E-state index in [0.29, 0.717) is 24.2 Å².